The molecule has 0 bridgehead atoms. The highest BCUT2D eigenvalue weighted by Crippen LogP contribution is 2.29. The molecule has 0 aliphatic rings. The zero-order chi connectivity index (χ0) is 17.6. The first-order valence-electron chi connectivity index (χ1n) is 7.09. The van der Waals surface area contributed by atoms with Crippen LogP contribution in [-0.2, 0) is 14.6 Å². The fourth-order valence-corrected chi connectivity index (χ4v) is 3.90. The number of pyridine rings is 1. The number of benzene rings is 1. The van der Waals surface area contributed by atoms with Crippen molar-refractivity contribution >= 4 is 27.3 Å². The van der Waals surface area contributed by atoms with E-state index in [9.17, 15) is 13.2 Å². The Morgan fingerprint density at radius 3 is 2.54 bits per heavy atom. The van der Waals surface area contributed by atoms with Gasteiger partial charge >= 0.3 is 0 Å². The van der Waals surface area contributed by atoms with Gasteiger partial charge in [0.15, 0.2) is 9.84 Å². The quantitative estimate of drug-likeness (QED) is 0.755. The van der Waals surface area contributed by atoms with Gasteiger partial charge in [-0.1, -0.05) is 6.07 Å². The molecule has 8 heteroatoms. The zero-order valence-electron chi connectivity index (χ0n) is 13.0. The van der Waals surface area contributed by atoms with Crippen LogP contribution in [0.25, 0.3) is 0 Å². The van der Waals surface area contributed by atoms with Crippen molar-refractivity contribution in [3.8, 4) is 5.75 Å². The van der Waals surface area contributed by atoms with Gasteiger partial charge in [-0.05, 0) is 35.9 Å². The second-order valence-electron chi connectivity index (χ2n) is 4.93. The van der Waals surface area contributed by atoms with Crippen molar-refractivity contribution in [2.45, 2.75) is 10.1 Å². The van der Waals surface area contributed by atoms with Crippen LogP contribution in [0.4, 0.5) is 0 Å². The molecule has 0 radical (unpaired) electrons. The van der Waals surface area contributed by atoms with E-state index in [-0.39, 0.29) is 17.3 Å². The van der Waals surface area contributed by atoms with Gasteiger partial charge in [-0.25, -0.2) is 8.42 Å². The number of rotatable bonds is 7. The molecule has 0 aliphatic heterocycles. The van der Waals surface area contributed by atoms with Crippen molar-refractivity contribution in [2.75, 3.05) is 19.5 Å². The maximum absolute atomic E-state index is 13.0. The maximum atomic E-state index is 13.0. The van der Waals surface area contributed by atoms with Crippen LogP contribution in [0.3, 0.4) is 0 Å². The van der Waals surface area contributed by atoms with E-state index in [1.54, 1.807) is 30.5 Å². The van der Waals surface area contributed by atoms with Crippen molar-refractivity contribution in [1.82, 2.24) is 10.3 Å². The zero-order valence-corrected chi connectivity index (χ0v) is 14.5. The molecule has 1 amide bonds. The Bertz CT molecular complexity index is 779. The first-order chi connectivity index (χ1) is 11.5. The van der Waals surface area contributed by atoms with Crippen molar-refractivity contribution < 1.29 is 17.9 Å². The molecule has 2 rings (SSSR count). The lowest BCUT2D eigenvalue weighted by atomic mass is 10.2. The number of halogens is 1. The number of amides is 1. The van der Waals surface area contributed by atoms with Gasteiger partial charge in [-0.2, -0.15) is 0 Å². The lowest BCUT2D eigenvalue weighted by Gasteiger charge is -2.18. The summed E-state index contributed by atoms with van der Waals surface area (Å²) in [5.41, 5.74) is 0.489. The molecule has 0 aliphatic carbocycles. The summed E-state index contributed by atoms with van der Waals surface area (Å²) >= 11 is 5.46. The molecule has 0 spiro atoms. The molecule has 0 saturated heterocycles. The number of methoxy groups -OCH3 is 1. The molecule has 1 aromatic carbocycles. The summed E-state index contributed by atoms with van der Waals surface area (Å²) < 4.78 is 31.0. The minimum absolute atomic E-state index is 0.0917. The normalized spacial score (nSPS) is 12.4. The van der Waals surface area contributed by atoms with Crippen LogP contribution in [0, 0.1) is 0 Å². The number of hydrogen-bond acceptors (Lipinski definition) is 5. The van der Waals surface area contributed by atoms with Crippen LogP contribution in [0.1, 0.15) is 10.8 Å². The minimum atomic E-state index is -3.74. The Labute approximate surface area is 145 Å². The van der Waals surface area contributed by atoms with E-state index < -0.39 is 21.0 Å². The highest BCUT2D eigenvalue weighted by atomic mass is 35.5. The lowest BCUT2D eigenvalue weighted by molar-refractivity contribution is -0.118. The minimum Gasteiger partial charge on any atom is -0.497 e. The summed E-state index contributed by atoms with van der Waals surface area (Å²) in [7, 11) is -2.23. The number of alkyl halides is 1. The molecule has 1 heterocycles. The molecule has 0 fully saturated rings. The predicted octanol–water partition coefficient (Wildman–Crippen LogP) is 1.96. The Balaban J connectivity index is 2.38. The van der Waals surface area contributed by atoms with Gasteiger partial charge in [0.25, 0.3) is 0 Å². The number of sulfone groups is 1. The smallest absolute Gasteiger partial charge is 0.234 e. The topological polar surface area (TPSA) is 85.4 Å². The number of carbonyl (C=O) groups is 1. The molecular weight excluding hydrogens is 352 g/mol. The van der Waals surface area contributed by atoms with Gasteiger partial charge in [-0.15, -0.1) is 11.6 Å². The molecule has 1 aromatic heterocycles. The van der Waals surface area contributed by atoms with Gasteiger partial charge < -0.3 is 10.1 Å². The van der Waals surface area contributed by atoms with Crippen LogP contribution in [0.2, 0.25) is 0 Å². The first kappa shape index (κ1) is 18.2. The Kier molecular flexibility index (Phi) is 6.16. The molecule has 1 atom stereocenters. The van der Waals surface area contributed by atoms with E-state index in [1.807, 2.05) is 0 Å². The molecule has 1 N–H and O–H groups in total. The maximum Gasteiger partial charge on any atom is 0.234 e. The summed E-state index contributed by atoms with van der Waals surface area (Å²) in [5.74, 6) is -0.111. The van der Waals surface area contributed by atoms with Crippen LogP contribution < -0.4 is 10.1 Å². The molecule has 2 aromatic rings. The summed E-state index contributed by atoms with van der Waals surface area (Å²) in [5, 5.41) is 1.56. The summed E-state index contributed by atoms with van der Waals surface area (Å²) in [6.45, 7) is -0.0917. The number of nitrogens with one attached hydrogen (secondary N) is 1. The standard InChI is InChI=1S/C16H17ClN2O4S/c1-23-13-4-6-14(7-5-13)24(21,22)15(11-19-16(20)9-17)12-3-2-8-18-10-12/h2-8,10,15H,9,11H2,1H3,(H,19,20). The van der Waals surface area contributed by atoms with E-state index in [0.717, 1.165) is 0 Å². The third-order valence-electron chi connectivity index (χ3n) is 3.42. The number of carbonyl (C=O) groups excluding carboxylic acids is 1. The van der Waals surface area contributed by atoms with E-state index in [1.165, 1.54) is 25.4 Å². The SMILES string of the molecule is COc1ccc(S(=O)(=O)C(CNC(=O)CCl)c2cccnc2)cc1. The van der Waals surface area contributed by atoms with Crippen LogP contribution in [-0.4, -0.2) is 38.8 Å². The molecule has 6 nitrogen and oxygen atoms in total. The summed E-state index contributed by atoms with van der Waals surface area (Å²) in [6.07, 6.45) is 3.02. The number of nitrogens with zero attached hydrogens (tertiary/aromatic N) is 1. The lowest BCUT2D eigenvalue weighted by Crippen LogP contribution is -2.32. The van der Waals surface area contributed by atoms with Gasteiger partial charge in [0, 0.05) is 18.9 Å². The van der Waals surface area contributed by atoms with Crippen molar-refractivity contribution in [2.24, 2.45) is 0 Å². The summed E-state index contributed by atoms with van der Waals surface area (Å²) in [4.78, 5) is 15.5. The Morgan fingerprint density at radius 2 is 2.00 bits per heavy atom. The largest absolute Gasteiger partial charge is 0.497 e. The summed E-state index contributed by atoms with van der Waals surface area (Å²) in [6, 6.07) is 9.40. The van der Waals surface area contributed by atoms with E-state index in [2.05, 4.69) is 10.3 Å². The third kappa shape index (κ3) is 4.24. The van der Waals surface area contributed by atoms with E-state index >= 15 is 0 Å². The predicted molar refractivity (Wildman–Crippen MR) is 90.9 cm³/mol. The highest BCUT2D eigenvalue weighted by molar-refractivity contribution is 7.91. The molecule has 0 saturated carbocycles. The van der Waals surface area contributed by atoms with Gasteiger partial charge in [0.2, 0.25) is 5.91 Å². The Morgan fingerprint density at radius 1 is 1.29 bits per heavy atom. The fraction of sp³-hybridized carbons (Fsp3) is 0.250. The van der Waals surface area contributed by atoms with Crippen molar-refractivity contribution in [3.05, 3.63) is 54.4 Å². The fourth-order valence-electron chi connectivity index (χ4n) is 2.16. The average Bonchev–Trinajstić information content (AvgIpc) is 2.62. The average molecular weight is 369 g/mol. The van der Waals surface area contributed by atoms with E-state index in [4.69, 9.17) is 16.3 Å². The number of hydrogen-bond donors (Lipinski definition) is 1. The number of aromatic nitrogens is 1. The van der Waals surface area contributed by atoms with Crippen molar-refractivity contribution in [3.63, 3.8) is 0 Å². The third-order valence-corrected chi connectivity index (χ3v) is 5.78. The first-order valence-corrected chi connectivity index (χ1v) is 9.17. The van der Waals surface area contributed by atoms with Gasteiger partial charge in [0.05, 0.1) is 12.0 Å². The highest BCUT2D eigenvalue weighted by Gasteiger charge is 2.29. The molecular formula is C16H17ClN2O4S. The van der Waals surface area contributed by atoms with E-state index in [0.29, 0.717) is 11.3 Å². The monoisotopic (exact) mass is 368 g/mol. The second kappa shape index (κ2) is 8.12. The van der Waals surface area contributed by atoms with Gasteiger partial charge in [0.1, 0.15) is 16.9 Å². The molecule has 128 valence electrons. The second-order valence-corrected chi connectivity index (χ2v) is 7.33. The van der Waals surface area contributed by atoms with Crippen LogP contribution in [0.15, 0.2) is 53.7 Å². The molecule has 24 heavy (non-hydrogen) atoms. The Hall–Kier alpha value is -2.12. The van der Waals surface area contributed by atoms with Crippen LogP contribution >= 0.6 is 11.6 Å². The van der Waals surface area contributed by atoms with Gasteiger partial charge in [-0.3, -0.25) is 9.78 Å². The number of ether oxygens (including phenoxy) is 1. The van der Waals surface area contributed by atoms with Crippen LogP contribution in [0.5, 0.6) is 5.75 Å². The van der Waals surface area contributed by atoms with Crippen molar-refractivity contribution in [1.29, 1.82) is 0 Å². The molecule has 1 unspecified atom stereocenters.